The Bertz CT molecular complexity index is 1230. The van der Waals surface area contributed by atoms with Crippen molar-refractivity contribution in [2.45, 2.75) is 39.8 Å². The van der Waals surface area contributed by atoms with Crippen LogP contribution in [0, 0.1) is 6.92 Å². The van der Waals surface area contributed by atoms with E-state index in [0.717, 1.165) is 33.5 Å². The molecule has 8 nitrogen and oxygen atoms in total. The molecular formula is C23H24N6O2. The van der Waals surface area contributed by atoms with E-state index < -0.39 is 11.7 Å². The normalized spacial score (nSPS) is 11.5. The lowest BCUT2D eigenvalue weighted by molar-refractivity contribution is 0.0523. The second-order valence-corrected chi connectivity index (χ2v) is 8.24. The number of nitrogens with zero attached hydrogens (tertiary/aromatic N) is 5. The molecule has 4 aromatic rings. The van der Waals surface area contributed by atoms with E-state index in [1.807, 2.05) is 52.1 Å². The molecule has 0 saturated heterocycles. The summed E-state index contributed by atoms with van der Waals surface area (Å²) in [5.74, 6) is 0.638. The van der Waals surface area contributed by atoms with Gasteiger partial charge in [-0.3, -0.25) is 0 Å². The fourth-order valence-corrected chi connectivity index (χ4v) is 3.25. The summed E-state index contributed by atoms with van der Waals surface area (Å²) >= 11 is 0. The van der Waals surface area contributed by atoms with E-state index in [4.69, 9.17) is 4.74 Å². The number of nitrogens with one attached hydrogen (secondary N) is 1. The van der Waals surface area contributed by atoms with E-state index >= 15 is 0 Å². The molecule has 0 spiro atoms. The van der Waals surface area contributed by atoms with Crippen molar-refractivity contribution in [1.29, 1.82) is 0 Å². The maximum absolute atomic E-state index is 11.9. The summed E-state index contributed by atoms with van der Waals surface area (Å²) in [6.45, 7) is 7.92. The number of hydrogen-bond donors (Lipinski definition) is 1. The van der Waals surface area contributed by atoms with Crippen LogP contribution in [0.15, 0.2) is 55.2 Å². The van der Waals surface area contributed by atoms with Crippen LogP contribution < -0.4 is 5.32 Å². The van der Waals surface area contributed by atoms with Crippen LogP contribution in [0.25, 0.3) is 28.2 Å². The minimum atomic E-state index is -0.526. The number of amides is 1. The van der Waals surface area contributed by atoms with Crippen molar-refractivity contribution in [3.8, 4) is 22.6 Å². The average Bonchev–Trinajstić information content (AvgIpc) is 3.17. The smallest absolute Gasteiger partial charge is 0.407 e. The third-order valence-electron chi connectivity index (χ3n) is 4.67. The monoisotopic (exact) mass is 416 g/mol. The van der Waals surface area contributed by atoms with E-state index in [9.17, 15) is 4.79 Å². The summed E-state index contributed by atoms with van der Waals surface area (Å²) in [5, 5.41) is 7.12. The number of carbonyl (C=O) groups excluding carboxylic acids is 1. The van der Waals surface area contributed by atoms with E-state index in [0.29, 0.717) is 12.4 Å². The van der Waals surface area contributed by atoms with Gasteiger partial charge in [0.25, 0.3) is 0 Å². The molecule has 3 aromatic heterocycles. The third-order valence-corrected chi connectivity index (χ3v) is 4.67. The first-order valence-electron chi connectivity index (χ1n) is 9.98. The zero-order valence-corrected chi connectivity index (χ0v) is 18.0. The molecule has 0 fully saturated rings. The molecule has 0 radical (unpaired) electrons. The van der Waals surface area contributed by atoms with Crippen molar-refractivity contribution in [2.24, 2.45) is 0 Å². The first kappa shape index (κ1) is 20.5. The van der Waals surface area contributed by atoms with Crippen molar-refractivity contribution in [2.75, 3.05) is 0 Å². The summed E-state index contributed by atoms with van der Waals surface area (Å²) in [5.41, 5.74) is 5.04. The van der Waals surface area contributed by atoms with Gasteiger partial charge in [-0.15, -0.1) is 0 Å². The van der Waals surface area contributed by atoms with Crippen molar-refractivity contribution in [1.82, 2.24) is 29.9 Å². The quantitative estimate of drug-likeness (QED) is 0.536. The lowest BCUT2D eigenvalue weighted by Gasteiger charge is -2.20. The molecule has 1 aromatic carbocycles. The molecule has 0 atom stereocenters. The summed E-state index contributed by atoms with van der Waals surface area (Å²) in [6, 6.07) is 9.81. The SMILES string of the molecule is Cc1cc(-c2ncnn3cc(-c4ncccn4)cc23)ccc1CNC(=O)OC(C)(C)C. The first-order chi connectivity index (χ1) is 14.8. The Labute approximate surface area is 180 Å². The van der Waals surface area contributed by atoms with Gasteiger partial charge in [-0.25, -0.2) is 24.3 Å². The lowest BCUT2D eigenvalue weighted by Crippen LogP contribution is -2.32. The van der Waals surface area contributed by atoms with Crippen molar-refractivity contribution in [3.05, 3.63) is 66.4 Å². The zero-order valence-electron chi connectivity index (χ0n) is 18.0. The van der Waals surface area contributed by atoms with Gasteiger partial charge >= 0.3 is 6.09 Å². The predicted octanol–water partition coefficient (Wildman–Crippen LogP) is 4.19. The molecule has 0 aliphatic rings. The first-order valence-corrected chi connectivity index (χ1v) is 9.98. The Balaban J connectivity index is 1.59. The molecule has 8 heteroatoms. The Morgan fingerprint density at radius 2 is 1.87 bits per heavy atom. The van der Waals surface area contributed by atoms with Crippen molar-refractivity contribution in [3.63, 3.8) is 0 Å². The number of aromatic nitrogens is 5. The number of ether oxygens (including phenoxy) is 1. The summed E-state index contributed by atoms with van der Waals surface area (Å²) in [6.07, 6.45) is 6.42. The molecule has 158 valence electrons. The molecule has 4 rings (SSSR count). The highest BCUT2D eigenvalue weighted by molar-refractivity contribution is 5.80. The summed E-state index contributed by atoms with van der Waals surface area (Å²) < 4.78 is 7.08. The Morgan fingerprint density at radius 1 is 1.10 bits per heavy atom. The fourth-order valence-electron chi connectivity index (χ4n) is 3.25. The maximum Gasteiger partial charge on any atom is 0.407 e. The van der Waals surface area contributed by atoms with Crippen LogP contribution in [-0.2, 0) is 11.3 Å². The Hall–Kier alpha value is -3.81. The minimum absolute atomic E-state index is 0.390. The van der Waals surface area contributed by atoms with Crippen LogP contribution in [0.1, 0.15) is 31.9 Å². The topological polar surface area (TPSA) is 94.3 Å². The van der Waals surface area contributed by atoms with Gasteiger partial charge in [0.05, 0.1) is 11.2 Å². The van der Waals surface area contributed by atoms with Gasteiger partial charge in [-0.05, 0) is 57.0 Å². The number of aryl methyl sites for hydroxylation is 1. The van der Waals surface area contributed by atoms with Crippen LogP contribution in [0.2, 0.25) is 0 Å². The van der Waals surface area contributed by atoms with Gasteiger partial charge in [0.15, 0.2) is 5.82 Å². The Kier molecular flexibility index (Phi) is 5.37. The highest BCUT2D eigenvalue weighted by Crippen LogP contribution is 2.27. The number of alkyl carbamates (subject to hydrolysis) is 1. The number of rotatable bonds is 4. The van der Waals surface area contributed by atoms with Crippen LogP contribution in [0.4, 0.5) is 4.79 Å². The molecule has 31 heavy (non-hydrogen) atoms. The fraction of sp³-hybridized carbons (Fsp3) is 0.261. The van der Waals surface area contributed by atoms with Gasteiger partial charge < -0.3 is 10.1 Å². The number of fused-ring (bicyclic) bond motifs is 1. The third kappa shape index (κ3) is 4.69. The van der Waals surface area contributed by atoms with Crippen LogP contribution >= 0.6 is 0 Å². The van der Waals surface area contributed by atoms with Crippen molar-refractivity contribution >= 4 is 11.6 Å². The van der Waals surface area contributed by atoms with Gasteiger partial charge in [-0.2, -0.15) is 5.10 Å². The van der Waals surface area contributed by atoms with E-state index in [1.54, 1.807) is 23.0 Å². The minimum Gasteiger partial charge on any atom is -0.444 e. The lowest BCUT2D eigenvalue weighted by atomic mass is 10.0. The molecule has 0 unspecified atom stereocenters. The summed E-state index contributed by atoms with van der Waals surface area (Å²) in [4.78, 5) is 25.1. The standard InChI is InChI=1S/C23H24N6O2/c1-15-10-16(6-7-17(15)12-26-22(30)31-23(2,3)4)20-19-11-18(13-29(19)28-14-27-20)21-24-8-5-9-25-21/h5-11,13-14H,12H2,1-4H3,(H,26,30). The van der Waals surface area contributed by atoms with E-state index in [1.165, 1.54) is 6.33 Å². The molecule has 3 heterocycles. The number of hydrogen-bond acceptors (Lipinski definition) is 6. The Morgan fingerprint density at radius 3 is 2.58 bits per heavy atom. The second-order valence-electron chi connectivity index (χ2n) is 8.24. The van der Waals surface area contributed by atoms with Crippen LogP contribution in [0.3, 0.4) is 0 Å². The molecule has 0 bridgehead atoms. The predicted molar refractivity (Wildman–Crippen MR) is 117 cm³/mol. The van der Waals surface area contributed by atoms with Gasteiger partial charge in [0, 0.05) is 36.3 Å². The second kappa shape index (κ2) is 8.14. The molecule has 0 aliphatic heterocycles. The zero-order chi connectivity index (χ0) is 22.0. The molecular weight excluding hydrogens is 392 g/mol. The molecule has 0 saturated carbocycles. The van der Waals surface area contributed by atoms with Crippen LogP contribution in [-0.4, -0.2) is 36.3 Å². The van der Waals surface area contributed by atoms with E-state index in [2.05, 4.69) is 31.4 Å². The van der Waals surface area contributed by atoms with Crippen LogP contribution in [0.5, 0.6) is 0 Å². The average molecular weight is 416 g/mol. The highest BCUT2D eigenvalue weighted by Gasteiger charge is 2.16. The van der Waals surface area contributed by atoms with Gasteiger partial charge in [-0.1, -0.05) is 12.1 Å². The van der Waals surface area contributed by atoms with Gasteiger partial charge in [0.1, 0.15) is 11.9 Å². The highest BCUT2D eigenvalue weighted by atomic mass is 16.6. The number of benzene rings is 1. The maximum atomic E-state index is 11.9. The number of carbonyl (C=O) groups is 1. The van der Waals surface area contributed by atoms with Gasteiger partial charge in [0.2, 0.25) is 0 Å². The largest absolute Gasteiger partial charge is 0.444 e. The molecule has 0 aliphatic carbocycles. The summed E-state index contributed by atoms with van der Waals surface area (Å²) in [7, 11) is 0. The van der Waals surface area contributed by atoms with Crippen molar-refractivity contribution < 1.29 is 9.53 Å². The molecule has 1 amide bonds. The molecule has 1 N–H and O–H groups in total. The van der Waals surface area contributed by atoms with E-state index in [-0.39, 0.29) is 0 Å².